The Morgan fingerprint density at radius 3 is 2.56 bits per heavy atom. The molecule has 1 N–H and O–H groups in total. The monoisotopic (exact) mass is 248 g/mol. The first-order valence-electron chi connectivity index (χ1n) is 6.63. The SMILES string of the molecule is CNCC1CN(c2ccc(OC)cc2)C(C)(C)C1. The second kappa shape index (κ2) is 5.19. The Balaban J connectivity index is 2.15. The van der Waals surface area contributed by atoms with Gasteiger partial charge in [-0.2, -0.15) is 0 Å². The summed E-state index contributed by atoms with van der Waals surface area (Å²) < 4.78 is 5.21. The first-order valence-corrected chi connectivity index (χ1v) is 6.63. The van der Waals surface area contributed by atoms with Crippen LogP contribution >= 0.6 is 0 Å². The molecule has 0 amide bonds. The number of methoxy groups -OCH3 is 1. The Bertz CT molecular complexity index is 386. The third-order valence-electron chi connectivity index (χ3n) is 3.84. The van der Waals surface area contributed by atoms with Crippen LogP contribution < -0.4 is 15.0 Å². The van der Waals surface area contributed by atoms with E-state index in [0.717, 1.165) is 24.8 Å². The van der Waals surface area contributed by atoms with E-state index in [0.29, 0.717) is 0 Å². The number of nitrogens with one attached hydrogen (secondary N) is 1. The second-order valence-electron chi connectivity index (χ2n) is 5.75. The van der Waals surface area contributed by atoms with Crippen molar-refractivity contribution in [2.45, 2.75) is 25.8 Å². The van der Waals surface area contributed by atoms with Gasteiger partial charge < -0.3 is 15.0 Å². The van der Waals surface area contributed by atoms with Crippen molar-refractivity contribution in [1.82, 2.24) is 5.32 Å². The van der Waals surface area contributed by atoms with Gasteiger partial charge in [-0.15, -0.1) is 0 Å². The van der Waals surface area contributed by atoms with Crippen LogP contribution in [0.4, 0.5) is 5.69 Å². The lowest BCUT2D eigenvalue weighted by Crippen LogP contribution is -2.38. The molecule has 0 saturated carbocycles. The molecule has 18 heavy (non-hydrogen) atoms. The molecule has 0 aromatic heterocycles. The standard InChI is InChI=1S/C15H24N2O/c1-15(2)9-12(10-16-3)11-17(15)13-5-7-14(18-4)8-6-13/h5-8,12,16H,9-11H2,1-4H3. The molecule has 1 aromatic rings. The second-order valence-corrected chi connectivity index (χ2v) is 5.75. The van der Waals surface area contributed by atoms with Crippen molar-refractivity contribution in [2.75, 3.05) is 32.1 Å². The lowest BCUT2D eigenvalue weighted by atomic mass is 9.96. The number of hydrogen-bond donors (Lipinski definition) is 1. The van der Waals surface area contributed by atoms with Gasteiger partial charge in [-0.05, 0) is 64.0 Å². The maximum absolute atomic E-state index is 5.21. The maximum atomic E-state index is 5.21. The molecule has 0 spiro atoms. The summed E-state index contributed by atoms with van der Waals surface area (Å²) in [5.41, 5.74) is 1.52. The zero-order valence-electron chi connectivity index (χ0n) is 11.9. The molecule has 1 atom stereocenters. The fraction of sp³-hybridized carbons (Fsp3) is 0.600. The Morgan fingerprint density at radius 2 is 2.00 bits per heavy atom. The molecule has 100 valence electrons. The van der Waals surface area contributed by atoms with Crippen molar-refractivity contribution < 1.29 is 4.74 Å². The molecule has 1 aliphatic heterocycles. The first-order chi connectivity index (χ1) is 8.56. The minimum absolute atomic E-state index is 0.232. The highest BCUT2D eigenvalue weighted by atomic mass is 16.5. The largest absolute Gasteiger partial charge is 0.497 e. The maximum Gasteiger partial charge on any atom is 0.119 e. The van der Waals surface area contributed by atoms with Crippen molar-refractivity contribution in [2.24, 2.45) is 5.92 Å². The van der Waals surface area contributed by atoms with Crippen molar-refractivity contribution in [3.05, 3.63) is 24.3 Å². The first kappa shape index (κ1) is 13.2. The summed E-state index contributed by atoms with van der Waals surface area (Å²) in [6.45, 7) is 6.87. The van der Waals surface area contributed by atoms with Gasteiger partial charge in [-0.25, -0.2) is 0 Å². The molecule has 3 nitrogen and oxygen atoms in total. The van der Waals surface area contributed by atoms with E-state index in [1.165, 1.54) is 12.1 Å². The highest BCUT2D eigenvalue weighted by Crippen LogP contribution is 2.37. The predicted octanol–water partition coefficient (Wildman–Crippen LogP) is 2.52. The number of nitrogens with zero attached hydrogens (tertiary/aromatic N) is 1. The highest BCUT2D eigenvalue weighted by Gasteiger charge is 2.37. The number of hydrogen-bond acceptors (Lipinski definition) is 3. The van der Waals surface area contributed by atoms with Gasteiger partial charge in [0, 0.05) is 17.8 Å². The molecule has 2 rings (SSSR count). The lowest BCUT2D eigenvalue weighted by Gasteiger charge is -2.33. The van der Waals surface area contributed by atoms with E-state index >= 15 is 0 Å². The van der Waals surface area contributed by atoms with E-state index in [4.69, 9.17) is 4.74 Å². The summed E-state index contributed by atoms with van der Waals surface area (Å²) in [6.07, 6.45) is 1.24. The van der Waals surface area contributed by atoms with E-state index in [9.17, 15) is 0 Å². The highest BCUT2D eigenvalue weighted by molar-refractivity contribution is 5.52. The van der Waals surface area contributed by atoms with E-state index < -0.39 is 0 Å². The average molecular weight is 248 g/mol. The van der Waals surface area contributed by atoms with Crippen LogP contribution in [0.25, 0.3) is 0 Å². The molecule has 1 saturated heterocycles. The quantitative estimate of drug-likeness (QED) is 0.886. The molecule has 1 heterocycles. The van der Waals surface area contributed by atoms with Gasteiger partial charge in [0.1, 0.15) is 5.75 Å². The van der Waals surface area contributed by atoms with Crippen molar-refractivity contribution in [3.8, 4) is 5.75 Å². The van der Waals surface area contributed by atoms with Gasteiger partial charge in [0.25, 0.3) is 0 Å². The van der Waals surface area contributed by atoms with Gasteiger partial charge in [0.05, 0.1) is 7.11 Å². The summed E-state index contributed by atoms with van der Waals surface area (Å²) in [7, 11) is 3.74. The van der Waals surface area contributed by atoms with Gasteiger partial charge in [-0.3, -0.25) is 0 Å². The van der Waals surface area contributed by atoms with Crippen molar-refractivity contribution >= 4 is 5.69 Å². The normalized spacial score (nSPS) is 22.2. The van der Waals surface area contributed by atoms with E-state index in [1.807, 2.05) is 19.2 Å². The zero-order chi connectivity index (χ0) is 13.2. The summed E-state index contributed by atoms with van der Waals surface area (Å²) in [6, 6.07) is 8.39. The summed E-state index contributed by atoms with van der Waals surface area (Å²) >= 11 is 0. The Labute approximate surface area is 110 Å². The van der Waals surface area contributed by atoms with Crippen molar-refractivity contribution in [3.63, 3.8) is 0 Å². The predicted molar refractivity (Wildman–Crippen MR) is 76.5 cm³/mol. The Morgan fingerprint density at radius 1 is 1.33 bits per heavy atom. The van der Waals surface area contributed by atoms with Crippen LogP contribution in [0.3, 0.4) is 0 Å². The smallest absolute Gasteiger partial charge is 0.119 e. The van der Waals surface area contributed by atoms with Crippen LogP contribution in [0.15, 0.2) is 24.3 Å². The molecule has 1 unspecified atom stereocenters. The summed E-state index contributed by atoms with van der Waals surface area (Å²) in [4.78, 5) is 2.51. The summed E-state index contributed by atoms with van der Waals surface area (Å²) in [5.74, 6) is 1.65. The van der Waals surface area contributed by atoms with E-state index in [1.54, 1.807) is 7.11 Å². The number of benzene rings is 1. The third kappa shape index (κ3) is 2.61. The Kier molecular flexibility index (Phi) is 3.81. The van der Waals surface area contributed by atoms with Crippen LogP contribution in [-0.2, 0) is 0 Å². The molecule has 0 aliphatic carbocycles. The zero-order valence-corrected chi connectivity index (χ0v) is 11.9. The molecule has 1 aliphatic rings. The lowest BCUT2D eigenvalue weighted by molar-refractivity contribution is 0.414. The minimum Gasteiger partial charge on any atom is -0.497 e. The molecule has 0 bridgehead atoms. The molecule has 0 radical (unpaired) electrons. The fourth-order valence-electron chi connectivity index (χ4n) is 3.03. The molecule has 1 aromatic carbocycles. The van der Waals surface area contributed by atoms with Crippen LogP contribution in [0.5, 0.6) is 5.75 Å². The Hall–Kier alpha value is -1.22. The molecular weight excluding hydrogens is 224 g/mol. The summed E-state index contributed by atoms with van der Waals surface area (Å²) in [5, 5.41) is 3.29. The van der Waals surface area contributed by atoms with Crippen molar-refractivity contribution in [1.29, 1.82) is 0 Å². The average Bonchev–Trinajstić information content (AvgIpc) is 2.65. The van der Waals surface area contributed by atoms with Crippen LogP contribution in [0.1, 0.15) is 20.3 Å². The van der Waals surface area contributed by atoms with Crippen LogP contribution in [-0.4, -0.2) is 32.8 Å². The van der Waals surface area contributed by atoms with Gasteiger partial charge >= 0.3 is 0 Å². The topological polar surface area (TPSA) is 24.5 Å². The van der Waals surface area contributed by atoms with E-state index in [2.05, 4.69) is 36.2 Å². The molecule has 3 heteroatoms. The third-order valence-corrected chi connectivity index (χ3v) is 3.84. The fourth-order valence-corrected chi connectivity index (χ4v) is 3.03. The van der Waals surface area contributed by atoms with Gasteiger partial charge in [-0.1, -0.05) is 0 Å². The van der Waals surface area contributed by atoms with Crippen LogP contribution in [0.2, 0.25) is 0 Å². The molecule has 1 fully saturated rings. The van der Waals surface area contributed by atoms with Crippen LogP contribution in [0, 0.1) is 5.92 Å². The van der Waals surface area contributed by atoms with Gasteiger partial charge in [0.15, 0.2) is 0 Å². The molecular formula is C15H24N2O. The number of ether oxygens (including phenoxy) is 1. The minimum atomic E-state index is 0.232. The number of rotatable bonds is 4. The van der Waals surface area contributed by atoms with Gasteiger partial charge in [0.2, 0.25) is 0 Å². The number of anilines is 1. The van der Waals surface area contributed by atoms with E-state index in [-0.39, 0.29) is 5.54 Å².